The minimum atomic E-state index is -4.67. The Morgan fingerprint density at radius 1 is 1.30 bits per heavy atom. The van der Waals surface area contributed by atoms with E-state index in [4.69, 9.17) is 11.6 Å². The van der Waals surface area contributed by atoms with Gasteiger partial charge in [-0.2, -0.15) is 13.2 Å². The molecule has 1 aromatic carbocycles. The molecular weight excluding hydrogens is 359 g/mol. The van der Waals surface area contributed by atoms with Crippen LogP contribution in [0.2, 0.25) is 5.02 Å². The van der Waals surface area contributed by atoms with E-state index in [0.29, 0.717) is 11.0 Å². The molecular formula is C13H11ClF3NO4S. The van der Waals surface area contributed by atoms with Gasteiger partial charge in [0.15, 0.2) is 0 Å². The number of alkyl halides is 3. The summed E-state index contributed by atoms with van der Waals surface area (Å²) in [6.07, 6.45) is -4.15. The second-order valence-corrected chi connectivity index (χ2v) is 7.82. The highest BCUT2D eigenvalue weighted by Crippen LogP contribution is 2.38. The van der Waals surface area contributed by atoms with Gasteiger partial charge in [0.1, 0.15) is 9.84 Å². The second-order valence-electron chi connectivity index (χ2n) is 5.22. The van der Waals surface area contributed by atoms with Crippen LogP contribution in [0.3, 0.4) is 0 Å². The molecule has 1 aliphatic rings. The molecule has 2 amide bonds. The van der Waals surface area contributed by atoms with Gasteiger partial charge in [0.05, 0.1) is 27.9 Å². The topological polar surface area (TPSA) is 71.5 Å². The van der Waals surface area contributed by atoms with Crippen molar-refractivity contribution in [3.8, 4) is 0 Å². The Morgan fingerprint density at radius 2 is 1.91 bits per heavy atom. The zero-order chi connectivity index (χ0) is 17.6. The lowest BCUT2D eigenvalue weighted by Gasteiger charge is -2.18. The molecule has 1 aliphatic heterocycles. The molecule has 10 heteroatoms. The normalized spacial score (nSPS) is 19.5. The number of halogens is 4. The van der Waals surface area contributed by atoms with Crippen LogP contribution < -0.4 is 4.90 Å². The van der Waals surface area contributed by atoms with Crippen molar-refractivity contribution in [2.75, 3.05) is 16.9 Å². The highest BCUT2D eigenvalue weighted by molar-refractivity contribution is 7.90. The van der Waals surface area contributed by atoms with Crippen LogP contribution in [0.15, 0.2) is 18.2 Å². The van der Waals surface area contributed by atoms with Crippen LogP contribution in [0, 0.1) is 5.92 Å². The van der Waals surface area contributed by atoms with Gasteiger partial charge in [0.25, 0.3) is 0 Å². The lowest BCUT2D eigenvalue weighted by atomic mass is 10.1. The Hall–Kier alpha value is -1.61. The molecule has 1 saturated heterocycles. The Kier molecular flexibility index (Phi) is 4.46. The van der Waals surface area contributed by atoms with E-state index in [-0.39, 0.29) is 5.02 Å². The van der Waals surface area contributed by atoms with Crippen molar-refractivity contribution in [1.82, 2.24) is 0 Å². The molecule has 0 radical (unpaired) electrons. The number of carbonyl (C=O) groups is 2. The molecule has 1 fully saturated rings. The first-order chi connectivity index (χ1) is 10.4. The summed E-state index contributed by atoms with van der Waals surface area (Å²) < 4.78 is 60.9. The van der Waals surface area contributed by atoms with Gasteiger partial charge in [-0.05, 0) is 18.2 Å². The van der Waals surface area contributed by atoms with E-state index in [1.54, 1.807) is 0 Å². The average Bonchev–Trinajstić information content (AvgIpc) is 2.62. The van der Waals surface area contributed by atoms with Gasteiger partial charge < -0.3 is 0 Å². The molecule has 2 rings (SSSR count). The van der Waals surface area contributed by atoms with Gasteiger partial charge in [-0.1, -0.05) is 11.6 Å². The summed E-state index contributed by atoms with van der Waals surface area (Å²) in [5.74, 6) is -3.33. The van der Waals surface area contributed by atoms with Crippen LogP contribution in [0.4, 0.5) is 18.9 Å². The van der Waals surface area contributed by atoms with E-state index >= 15 is 0 Å². The molecule has 0 saturated carbocycles. The number of anilines is 1. The van der Waals surface area contributed by atoms with Crippen LogP contribution in [0.1, 0.15) is 12.0 Å². The molecule has 1 heterocycles. The summed E-state index contributed by atoms with van der Waals surface area (Å²) in [5.41, 5.74) is -1.46. The highest BCUT2D eigenvalue weighted by Gasteiger charge is 2.42. The fraction of sp³-hybridized carbons (Fsp3) is 0.385. The van der Waals surface area contributed by atoms with E-state index in [0.717, 1.165) is 18.4 Å². The number of benzene rings is 1. The van der Waals surface area contributed by atoms with Crippen LogP contribution in [-0.4, -0.2) is 32.2 Å². The fourth-order valence-electron chi connectivity index (χ4n) is 2.30. The van der Waals surface area contributed by atoms with Crippen molar-refractivity contribution >= 4 is 38.9 Å². The number of amides is 2. The summed E-state index contributed by atoms with van der Waals surface area (Å²) in [6.45, 7) is 0. The first-order valence-corrected chi connectivity index (χ1v) is 8.75. The molecule has 0 aromatic heterocycles. The van der Waals surface area contributed by atoms with E-state index in [1.807, 2.05) is 0 Å². The average molecular weight is 370 g/mol. The molecule has 0 aliphatic carbocycles. The monoisotopic (exact) mass is 369 g/mol. The van der Waals surface area contributed by atoms with Crippen molar-refractivity contribution in [2.45, 2.75) is 12.6 Å². The molecule has 0 spiro atoms. The molecule has 0 bridgehead atoms. The number of carbonyl (C=O) groups excluding carboxylic acids is 2. The Morgan fingerprint density at radius 3 is 2.43 bits per heavy atom. The van der Waals surface area contributed by atoms with E-state index in [9.17, 15) is 31.2 Å². The quantitative estimate of drug-likeness (QED) is 0.766. The molecule has 1 unspecified atom stereocenters. The number of sulfone groups is 1. The van der Waals surface area contributed by atoms with Crippen LogP contribution in [0.25, 0.3) is 0 Å². The number of rotatable bonds is 3. The predicted octanol–water partition coefficient (Wildman–Crippen LogP) is 2.28. The largest absolute Gasteiger partial charge is 0.416 e. The smallest absolute Gasteiger partial charge is 0.274 e. The Bertz CT molecular complexity index is 776. The zero-order valence-corrected chi connectivity index (χ0v) is 13.3. The van der Waals surface area contributed by atoms with Crippen molar-refractivity contribution in [3.63, 3.8) is 0 Å². The molecule has 1 aromatic rings. The third kappa shape index (κ3) is 3.84. The number of nitrogens with zero attached hydrogens (tertiary/aromatic N) is 1. The molecule has 0 N–H and O–H groups in total. The SMILES string of the molecule is CS(=O)(=O)CC1CC(=O)N(c2cc(C(F)(F)F)ccc2Cl)C1=O. The van der Waals surface area contributed by atoms with Crippen molar-refractivity contribution in [3.05, 3.63) is 28.8 Å². The first-order valence-electron chi connectivity index (χ1n) is 6.31. The van der Waals surface area contributed by atoms with Gasteiger partial charge in [-0.3, -0.25) is 9.59 Å². The van der Waals surface area contributed by atoms with Crippen LogP contribution in [0.5, 0.6) is 0 Å². The maximum Gasteiger partial charge on any atom is 0.416 e. The molecule has 5 nitrogen and oxygen atoms in total. The maximum atomic E-state index is 12.8. The summed E-state index contributed by atoms with van der Waals surface area (Å²) in [4.78, 5) is 24.7. The van der Waals surface area contributed by atoms with Gasteiger partial charge in [0, 0.05) is 12.7 Å². The number of imide groups is 1. The first kappa shape index (κ1) is 17.7. The standard InChI is InChI=1S/C13H11ClF3NO4S/c1-23(21,22)6-7-4-11(19)18(12(7)20)10-5-8(13(15,16)17)2-3-9(10)14/h2-3,5,7H,4,6H2,1H3. The van der Waals surface area contributed by atoms with Gasteiger partial charge in [0.2, 0.25) is 11.8 Å². The van der Waals surface area contributed by atoms with E-state index < -0.39 is 57.2 Å². The van der Waals surface area contributed by atoms with Crippen molar-refractivity contribution < 1.29 is 31.2 Å². The van der Waals surface area contributed by atoms with E-state index in [1.165, 1.54) is 0 Å². The summed E-state index contributed by atoms with van der Waals surface area (Å²) in [6, 6.07) is 2.26. The lowest BCUT2D eigenvalue weighted by Crippen LogP contribution is -2.32. The van der Waals surface area contributed by atoms with E-state index in [2.05, 4.69) is 0 Å². The predicted molar refractivity (Wildman–Crippen MR) is 76.8 cm³/mol. The number of hydrogen-bond donors (Lipinski definition) is 0. The third-order valence-electron chi connectivity index (χ3n) is 3.26. The van der Waals surface area contributed by atoms with Crippen molar-refractivity contribution in [2.24, 2.45) is 5.92 Å². The van der Waals surface area contributed by atoms with Gasteiger partial charge in [-0.15, -0.1) is 0 Å². The summed E-state index contributed by atoms with van der Waals surface area (Å²) >= 11 is 5.81. The lowest BCUT2D eigenvalue weighted by molar-refractivity contribution is -0.137. The van der Waals surface area contributed by atoms with Gasteiger partial charge in [-0.25, -0.2) is 13.3 Å². The summed E-state index contributed by atoms with van der Waals surface area (Å²) in [5, 5.41) is -0.209. The highest BCUT2D eigenvalue weighted by atomic mass is 35.5. The van der Waals surface area contributed by atoms with Gasteiger partial charge >= 0.3 is 6.18 Å². The summed E-state index contributed by atoms with van der Waals surface area (Å²) in [7, 11) is -3.52. The van der Waals surface area contributed by atoms with Crippen LogP contribution >= 0.6 is 11.6 Å². The molecule has 1 atom stereocenters. The zero-order valence-electron chi connectivity index (χ0n) is 11.7. The minimum absolute atomic E-state index is 0.209. The van der Waals surface area contributed by atoms with Crippen molar-refractivity contribution in [1.29, 1.82) is 0 Å². The Balaban J connectivity index is 2.42. The maximum absolute atomic E-state index is 12.8. The minimum Gasteiger partial charge on any atom is -0.274 e. The molecule has 126 valence electrons. The fourth-order valence-corrected chi connectivity index (χ4v) is 3.50. The number of hydrogen-bond acceptors (Lipinski definition) is 4. The third-order valence-corrected chi connectivity index (χ3v) is 4.59. The second kappa shape index (κ2) is 5.79. The molecule has 23 heavy (non-hydrogen) atoms. The Labute approximate surface area is 134 Å². The van der Waals surface area contributed by atoms with Crippen LogP contribution in [-0.2, 0) is 25.6 Å².